The fraction of sp³-hybridized carbons (Fsp3) is 0.222. The van der Waals surface area contributed by atoms with Crippen molar-refractivity contribution < 1.29 is 9.18 Å². The van der Waals surface area contributed by atoms with E-state index in [-0.39, 0.29) is 11.6 Å². The van der Waals surface area contributed by atoms with Crippen LogP contribution < -0.4 is 0 Å². The SMILES string of the molecule is C\C=C/C=C\C(C)=C(\N=C(C)C(C)=O)c1ccc(F)cc1. The molecule has 0 aliphatic rings. The van der Waals surface area contributed by atoms with Crippen LogP contribution in [0.25, 0.3) is 5.70 Å². The van der Waals surface area contributed by atoms with Gasteiger partial charge in [-0.1, -0.05) is 24.3 Å². The Kier molecular flexibility index (Phi) is 6.47. The third-order valence-electron chi connectivity index (χ3n) is 2.93. The molecule has 3 heteroatoms. The van der Waals surface area contributed by atoms with Crippen LogP contribution in [-0.4, -0.2) is 11.5 Å². The number of aliphatic imine (C=N–C) groups is 1. The summed E-state index contributed by atoms with van der Waals surface area (Å²) in [6.45, 7) is 7.00. The van der Waals surface area contributed by atoms with E-state index in [1.54, 1.807) is 19.1 Å². The van der Waals surface area contributed by atoms with E-state index in [0.29, 0.717) is 11.4 Å². The van der Waals surface area contributed by atoms with Crippen LogP contribution in [0.5, 0.6) is 0 Å². The van der Waals surface area contributed by atoms with Crippen molar-refractivity contribution in [1.29, 1.82) is 0 Å². The van der Waals surface area contributed by atoms with E-state index in [2.05, 4.69) is 4.99 Å². The topological polar surface area (TPSA) is 29.4 Å². The van der Waals surface area contributed by atoms with Crippen LogP contribution in [0.2, 0.25) is 0 Å². The lowest BCUT2D eigenvalue weighted by Gasteiger charge is -2.07. The van der Waals surface area contributed by atoms with E-state index in [1.165, 1.54) is 19.1 Å². The highest BCUT2D eigenvalue weighted by atomic mass is 19.1. The Bertz CT molecular complexity index is 619. The smallest absolute Gasteiger partial charge is 0.173 e. The first kappa shape index (κ1) is 16.8. The lowest BCUT2D eigenvalue weighted by molar-refractivity contribution is -0.111. The molecule has 0 unspecified atom stereocenters. The van der Waals surface area contributed by atoms with Crippen molar-refractivity contribution in [2.24, 2.45) is 4.99 Å². The number of allylic oxidation sites excluding steroid dienone is 5. The fourth-order valence-corrected chi connectivity index (χ4v) is 1.62. The number of hydrogen-bond donors (Lipinski definition) is 0. The maximum Gasteiger partial charge on any atom is 0.173 e. The largest absolute Gasteiger partial charge is 0.293 e. The van der Waals surface area contributed by atoms with Crippen molar-refractivity contribution in [3.8, 4) is 0 Å². The Morgan fingerprint density at radius 1 is 1.10 bits per heavy atom. The van der Waals surface area contributed by atoms with Crippen LogP contribution in [0.4, 0.5) is 4.39 Å². The molecule has 0 spiro atoms. The third kappa shape index (κ3) is 5.30. The minimum absolute atomic E-state index is 0.0835. The van der Waals surface area contributed by atoms with Gasteiger partial charge in [-0.05, 0) is 50.6 Å². The number of benzene rings is 1. The van der Waals surface area contributed by atoms with Gasteiger partial charge in [-0.25, -0.2) is 9.38 Å². The van der Waals surface area contributed by atoms with E-state index in [1.807, 2.05) is 38.2 Å². The predicted octanol–water partition coefficient (Wildman–Crippen LogP) is 4.74. The first-order chi connectivity index (χ1) is 9.95. The molecule has 0 saturated carbocycles. The summed E-state index contributed by atoms with van der Waals surface area (Å²) in [6, 6.07) is 6.09. The van der Waals surface area contributed by atoms with Crippen LogP contribution in [0, 0.1) is 5.82 Å². The molecule has 1 rings (SSSR count). The Labute approximate surface area is 125 Å². The van der Waals surface area contributed by atoms with Crippen LogP contribution in [0.1, 0.15) is 33.3 Å². The quantitative estimate of drug-likeness (QED) is 0.567. The zero-order valence-electron chi connectivity index (χ0n) is 12.9. The summed E-state index contributed by atoms with van der Waals surface area (Å²) < 4.78 is 13.1. The summed E-state index contributed by atoms with van der Waals surface area (Å²) in [4.78, 5) is 15.8. The molecule has 0 bridgehead atoms. The van der Waals surface area contributed by atoms with Crippen molar-refractivity contribution in [3.63, 3.8) is 0 Å². The first-order valence-electron chi connectivity index (χ1n) is 6.78. The van der Waals surface area contributed by atoms with E-state index in [4.69, 9.17) is 0 Å². The van der Waals surface area contributed by atoms with Gasteiger partial charge in [0, 0.05) is 12.5 Å². The lowest BCUT2D eigenvalue weighted by Crippen LogP contribution is -2.05. The Morgan fingerprint density at radius 3 is 2.24 bits per heavy atom. The van der Waals surface area contributed by atoms with Gasteiger partial charge in [0.25, 0.3) is 0 Å². The standard InChI is InChI=1S/C18H20FNO/c1-5-6-7-8-13(2)18(20-14(3)15(4)21)16-9-11-17(19)12-10-16/h5-12H,1-4H3/b6-5-,8-7-,18-13+,20-14?. The highest BCUT2D eigenvalue weighted by Gasteiger charge is 2.06. The zero-order valence-corrected chi connectivity index (χ0v) is 12.9. The van der Waals surface area contributed by atoms with Crippen molar-refractivity contribution in [3.05, 3.63) is 65.5 Å². The van der Waals surface area contributed by atoms with Crippen LogP contribution in [-0.2, 0) is 4.79 Å². The third-order valence-corrected chi connectivity index (χ3v) is 2.93. The molecule has 0 saturated heterocycles. The van der Waals surface area contributed by atoms with Gasteiger partial charge in [-0.15, -0.1) is 0 Å². The van der Waals surface area contributed by atoms with Crippen LogP contribution in [0.15, 0.2) is 59.1 Å². The molecule has 0 atom stereocenters. The monoisotopic (exact) mass is 285 g/mol. The van der Waals surface area contributed by atoms with Gasteiger partial charge in [0.1, 0.15) is 5.82 Å². The maximum atomic E-state index is 13.1. The van der Waals surface area contributed by atoms with Gasteiger partial charge in [-0.2, -0.15) is 0 Å². The highest BCUT2D eigenvalue weighted by molar-refractivity contribution is 6.38. The predicted molar refractivity (Wildman–Crippen MR) is 86.7 cm³/mol. The number of halogens is 1. The fourth-order valence-electron chi connectivity index (χ4n) is 1.62. The molecule has 0 amide bonds. The van der Waals surface area contributed by atoms with Crippen molar-refractivity contribution >= 4 is 17.2 Å². The van der Waals surface area contributed by atoms with Gasteiger partial charge < -0.3 is 0 Å². The average Bonchev–Trinajstić information content (AvgIpc) is 2.45. The highest BCUT2D eigenvalue weighted by Crippen LogP contribution is 2.22. The summed E-state index contributed by atoms with van der Waals surface area (Å²) in [5.74, 6) is -0.382. The van der Waals surface area contributed by atoms with Gasteiger partial charge in [-0.3, -0.25) is 4.79 Å². The zero-order chi connectivity index (χ0) is 15.8. The molecule has 21 heavy (non-hydrogen) atoms. The number of carbonyl (C=O) groups excluding carboxylic acids is 1. The van der Waals surface area contributed by atoms with Crippen molar-refractivity contribution in [2.45, 2.75) is 27.7 Å². The number of rotatable bonds is 5. The minimum Gasteiger partial charge on any atom is -0.293 e. The summed E-state index contributed by atoms with van der Waals surface area (Å²) >= 11 is 0. The Balaban J connectivity index is 3.35. The molecule has 0 heterocycles. The van der Waals surface area contributed by atoms with E-state index < -0.39 is 0 Å². The molecule has 0 radical (unpaired) electrons. The van der Waals surface area contributed by atoms with E-state index in [0.717, 1.165) is 11.1 Å². The molecule has 0 aliphatic carbocycles. The Hall–Kier alpha value is -2.29. The number of hydrogen-bond acceptors (Lipinski definition) is 2. The average molecular weight is 285 g/mol. The molecule has 0 aromatic heterocycles. The van der Waals surface area contributed by atoms with Crippen molar-refractivity contribution in [2.75, 3.05) is 0 Å². The molecule has 0 N–H and O–H groups in total. The van der Waals surface area contributed by atoms with Crippen LogP contribution >= 0.6 is 0 Å². The molecular weight excluding hydrogens is 265 g/mol. The van der Waals surface area contributed by atoms with Gasteiger partial charge in [0.15, 0.2) is 5.78 Å². The summed E-state index contributed by atoms with van der Waals surface area (Å²) in [7, 11) is 0. The van der Waals surface area contributed by atoms with E-state index in [9.17, 15) is 9.18 Å². The normalized spacial score (nSPS) is 13.9. The van der Waals surface area contributed by atoms with Gasteiger partial charge >= 0.3 is 0 Å². The molecular formula is C18H20FNO. The number of ketones is 1. The van der Waals surface area contributed by atoms with Crippen molar-refractivity contribution in [1.82, 2.24) is 0 Å². The molecule has 1 aromatic rings. The molecule has 2 nitrogen and oxygen atoms in total. The number of carbonyl (C=O) groups is 1. The van der Waals surface area contributed by atoms with Gasteiger partial charge in [0.2, 0.25) is 0 Å². The molecule has 0 aliphatic heterocycles. The van der Waals surface area contributed by atoms with Crippen LogP contribution in [0.3, 0.4) is 0 Å². The maximum absolute atomic E-state index is 13.1. The van der Waals surface area contributed by atoms with Gasteiger partial charge in [0.05, 0.1) is 11.4 Å². The van der Waals surface area contributed by atoms with E-state index >= 15 is 0 Å². The second kappa shape index (κ2) is 8.10. The second-order valence-electron chi connectivity index (χ2n) is 4.68. The minimum atomic E-state index is -0.299. The summed E-state index contributed by atoms with van der Waals surface area (Å²) in [6.07, 6.45) is 7.64. The molecule has 110 valence electrons. The number of nitrogens with zero attached hydrogens (tertiary/aromatic N) is 1. The first-order valence-corrected chi connectivity index (χ1v) is 6.78. The number of Topliss-reactive ketones (excluding diaryl/α,β-unsaturated/α-hetero) is 1. The summed E-state index contributed by atoms with van der Waals surface area (Å²) in [5, 5.41) is 0. The second-order valence-corrected chi connectivity index (χ2v) is 4.68. The lowest BCUT2D eigenvalue weighted by atomic mass is 10.1. The molecule has 1 aromatic carbocycles. The molecule has 0 fully saturated rings. The Morgan fingerprint density at radius 2 is 1.71 bits per heavy atom. The summed E-state index contributed by atoms with van der Waals surface area (Å²) in [5.41, 5.74) is 2.77.